The van der Waals surface area contributed by atoms with Crippen LogP contribution in [0.5, 0.6) is 0 Å². The van der Waals surface area contributed by atoms with Crippen LogP contribution in [0.4, 0.5) is 0 Å². The lowest BCUT2D eigenvalue weighted by atomic mass is 9.87. The van der Waals surface area contributed by atoms with Gasteiger partial charge in [0.05, 0.1) is 0 Å². The van der Waals surface area contributed by atoms with Gasteiger partial charge in [0.15, 0.2) is 0 Å². The average Bonchev–Trinajstić information content (AvgIpc) is 3.08. The van der Waals surface area contributed by atoms with Gasteiger partial charge in [-0.1, -0.05) is 61.2 Å². The number of hydrogen-bond donors (Lipinski definition) is 1. The van der Waals surface area contributed by atoms with Crippen molar-refractivity contribution in [3.63, 3.8) is 0 Å². The van der Waals surface area contributed by atoms with Crippen LogP contribution in [0.1, 0.15) is 47.1 Å². The minimum absolute atomic E-state index is 0.872. The Morgan fingerprint density at radius 3 is 2.51 bits per heavy atom. The smallest absolute Gasteiger partial charge is 0.0285 e. The highest BCUT2D eigenvalue weighted by molar-refractivity contribution is 5.99. The quantitative estimate of drug-likeness (QED) is 0.274. The Morgan fingerprint density at radius 1 is 0.971 bits per heavy atom. The molecule has 1 heterocycles. The summed E-state index contributed by atoms with van der Waals surface area (Å²) in [5.74, 6) is 0. The van der Waals surface area contributed by atoms with Gasteiger partial charge in [-0.2, -0.15) is 0 Å². The average molecular weight is 464 g/mol. The number of aromatic nitrogens is 1. The molecule has 0 saturated heterocycles. The number of fused-ring (bicyclic) bond motifs is 1. The zero-order valence-corrected chi connectivity index (χ0v) is 21.1. The van der Waals surface area contributed by atoms with Gasteiger partial charge in [0.2, 0.25) is 0 Å². The lowest BCUT2D eigenvalue weighted by Gasteiger charge is -2.17. The fourth-order valence-electron chi connectivity index (χ4n) is 4.68. The van der Waals surface area contributed by atoms with Crippen LogP contribution in [-0.4, -0.2) is 37.1 Å². The molecule has 0 amide bonds. The molecule has 0 unspecified atom stereocenters. The van der Waals surface area contributed by atoms with E-state index in [1.165, 1.54) is 45.4 Å². The lowest BCUT2D eigenvalue weighted by Crippen LogP contribution is -2.16. The minimum Gasteiger partial charge on any atom is -0.378 e. The van der Waals surface area contributed by atoms with Crippen molar-refractivity contribution in [2.75, 3.05) is 27.2 Å². The Labute approximate surface area is 210 Å². The van der Waals surface area contributed by atoms with Crippen LogP contribution >= 0.6 is 0 Å². The molecule has 3 aromatic rings. The van der Waals surface area contributed by atoms with Crippen LogP contribution in [0.2, 0.25) is 0 Å². The highest BCUT2D eigenvalue weighted by atomic mass is 15.1. The van der Waals surface area contributed by atoms with Gasteiger partial charge < -0.3 is 10.2 Å². The molecule has 1 N–H and O–H groups in total. The van der Waals surface area contributed by atoms with Gasteiger partial charge in [0.1, 0.15) is 0 Å². The molecule has 0 fully saturated rings. The third-order valence-electron chi connectivity index (χ3n) is 6.70. The first-order chi connectivity index (χ1) is 17.1. The van der Waals surface area contributed by atoms with Crippen molar-refractivity contribution in [1.29, 1.82) is 0 Å². The van der Waals surface area contributed by atoms with E-state index >= 15 is 0 Å². The fraction of sp³-hybridized carbons (Fsp3) is 0.281. The summed E-state index contributed by atoms with van der Waals surface area (Å²) in [7, 11) is 4.02. The van der Waals surface area contributed by atoms with Crippen LogP contribution in [0.25, 0.3) is 11.1 Å². The van der Waals surface area contributed by atoms with E-state index in [1.807, 2.05) is 31.4 Å². The van der Waals surface area contributed by atoms with E-state index in [0.29, 0.717) is 0 Å². The summed E-state index contributed by atoms with van der Waals surface area (Å²) < 4.78 is 0. The number of hydrogen-bond acceptors (Lipinski definition) is 3. The van der Waals surface area contributed by atoms with Crippen LogP contribution in [-0.2, 0) is 12.8 Å². The molecule has 0 bridgehead atoms. The number of rotatable bonds is 10. The van der Waals surface area contributed by atoms with Gasteiger partial charge in [-0.25, -0.2) is 0 Å². The SMILES string of the molecule is C=C(/C=C/CNCCCc1ccc(C2=C(c3ccncc3)CCCc3ccccc32)cc1)N(C)C. The first-order valence-electron chi connectivity index (χ1n) is 12.7. The third kappa shape index (κ3) is 6.58. The maximum absolute atomic E-state index is 4.25. The van der Waals surface area contributed by atoms with E-state index in [4.69, 9.17) is 0 Å². The van der Waals surface area contributed by atoms with Crippen molar-refractivity contribution in [3.8, 4) is 0 Å². The number of allylic oxidation sites excluding steroid dienone is 2. The van der Waals surface area contributed by atoms with Crippen molar-refractivity contribution in [2.24, 2.45) is 0 Å². The Hall–Kier alpha value is -3.43. The predicted molar refractivity (Wildman–Crippen MR) is 149 cm³/mol. The number of likely N-dealkylation sites (N-methyl/N-ethyl adjacent to an activating group) is 1. The summed E-state index contributed by atoms with van der Waals surface area (Å²) in [4.78, 5) is 6.26. The molecule has 0 atom stereocenters. The molecular formula is C32H37N3. The molecule has 0 spiro atoms. The lowest BCUT2D eigenvalue weighted by molar-refractivity contribution is 0.532. The van der Waals surface area contributed by atoms with E-state index in [1.54, 1.807) is 0 Å². The maximum atomic E-state index is 4.25. The summed E-state index contributed by atoms with van der Waals surface area (Å²) in [5, 5.41) is 3.50. The highest BCUT2D eigenvalue weighted by Crippen LogP contribution is 2.39. The van der Waals surface area contributed by atoms with Crippen LogP contribution in [0.15, 0.2) is 97.5 Å². The zero-order chi connectivity index (χ0) is 24.5. The van der Waals surface area contributed by atoms with Crippen molar-refractivity contribution >= 4 is 11.1 Å². The molecule has 35 heavy (non-hydrogen) atoms. The number of nitrogens with one attached hydrogen (secondary N) is 1. The summed E-state index contributed by atoms with van der Waals surface area (Å²) in [6.07, 6.45) is 13.6. The Morgan fingerprint density at radius 2 is 1.74 bits per heavy atom. The number of aryl methyl sites for hydroxylation is 2. The van der Waals surface area contributed by atoms with E-state index in [-0.39, 0.29) is 0 Å². The van der Waals surface area contributed by atoms with E-state index in [9.17, 15) is 0 Å². The third-order valence-corrected chi connectivity index (χ3v) is 6.70. The largest absolute Gasteiger partial charge is 0.378 e. The Kier molecular flexibility index (Phi) is 8.69. The molecule has 4 rings (SSSR count). The molecule has 2 aromatic carbocycles. The second-order valence-electron chi connectivity index (χ2n) is 9.39. The molecule has 1 aromatic heterocycles. The molecule has 3 heteroatoms. The summed E-state index contributed by atoms with van der Waals surface area (Å²) >= 11 is 0. The Balaban J connectivity index is 1.46. The Bertz CT molecular complexity index is 1170. The molecule has 3 nitrogen and oxygen atoms in total. The van der Waals surface area contributed by atoms with Crippen LogP contribution in [0.3, 0.4) is 0 Å². The normalized spacial score (nSPS) is 13.5. The second kappa shape index (κ2) is 12.3. The predicted octanol–water partition coefficient (Wildman–Crippen LogP) is 6.53. The van der Waals surface area contributed by atoms with Gasteiger partial charge in [-0.3, -0.25) is 4.98 Å². The summed E-state index contributed by atoms with van der Waals surface area (Å²) in [5.41, 5.74) is 10.6. The van der Waals surface area contributed by atoms with Gasteiger partial charge in [-0.05, 0) is 95.8 Å². The standard InChI is InChI=1S/C32H37N3/c1-25(35(2)3)9-7-21-33-22-8-10-26-15-17-29(18-16-26)32-30-13-5-4-11-27(30)12-6-14-31(32)28-19-23-34-24-20-28/h4-5,7,9,11,13,15-20,23-24,33H,1,6,8,10,12,14,21-22H2,2-3H3/b9-7+. The number of pyridine rings is 1. The molecule has 0 aliphatic heterocycles. The monoisotopic (exact) mass is 463 g/mol. The highest BCUT2D eigenvalue weighted by Gasteiger charge is 2.19. The minimum atomic E-state index is 0.872. The molecule has 180 valence electrons. The van der Waals surface area contributed by atoms with Crippen LogP contribution in [0, 0.1) is 0 Å². The molecular weight excluding hydrogens is 426 g/mol. The van der Waals surface area contributed by atoms with E-state index < -0.39 is 0 Å². The van der Waals surface area contributed by atoms with Crippen molar-refractivity contribution in [1.82, 2.24) is 15.2 Å². The van der Waals surface area contributed by atoms with Crippen molar-refractivity contribution < 1.29 is 0 Å². The number of nitrogens with zero attached hydrogens (tertiary/aromatic N) is 2. The molecule has 1 aliphatic rings. The summed E-state index contributed by atoms with van der Waals surface area (Å²) in [6.45, 7) is 5.89. The summed E-state index contributed by atoms with van der Waals surface area (Å²) in [6, 6.07) is 22.5. The van der Waals surface area contributed by atoms with E-state index in [0.717, 1.165) is 44.5 Å². The van der Waals surface area contributed by atoms with Crippen LogP contribution < -0.4 is 5.32 Å². The first-order valence-corrected chi connectivity index (χ1v) is 12.7. The van der Waals surface area contributed by atoms with Crippen molar-refractivity contribution in [3.05, 3.63) is 125 Å². The topological polar surface area (TPSA) is 28.2 Å². The van der Waals surface area contributed by atoms with Gasteiger partial charge in [0, 0.05) is 38.7 Å². The van der Waals surface area contributed by atoms with E-state index in [2.05, 4.69) is 89.7 Å². The molecule has 0 radical (unpaired) electrons. The molecule has 1 aliphatic carbocycles. The van der Waals surface area contributed by atoms with Gasteiger partial charge in [0.25, 0.3) is 0 Å². The second-order valence-corrected chi connectivity index (χ2v) is 9.39. The molecule has 0 saturated carbocycles. The van der Waals surface area contributed by atoms with Crippen molar-refractivity contribution in [2.45, 2.75) is 32.1 Å². The van der Waals surface area contributed by atoms with Gasteiger partial charge in [-0.15, -0.1) is 0 Å². The fourth-order valence-corrected chi connectivity index (χ4v) is 4.68. The zero-order valence-electron chi connectivity index (χ0n) is 21.1. The first kappa shape index (κ1) is 24.7. The maximum Gasteiger partial charge on any atom is 0.0285 e. The van der Waals surface area contributed by atoms with Gasteiger partial charge >= 0.3 is 0 Å². The number of benzene rings is 2.